The zero-order chi connectivity index (χ0) is 17.1. The first-order valence-corrected chi connectivity index (χ1v) is 9.70. The number of ether oxygens (including phenoxy) is 2. The highest BCUT2D eigenvalue weighted by atomic mass is 16.5. The number of rotatable bonds is 4. The quantitative estimate of drug-likeness (QED) is 0.843. The number of pyridine rings is 1. The molecule has 2 saturated heterocycles. The molecule has 134 valence electrons. The van der Waals surface area contributed by atoms with Crippen LogP contribution < -0.4 is 4.90 Å². The number of aromatic nitrogens is 1. The first-order chi connectivity index (χ1) is 12.3. The maximum absolute atomic E-state index is 9.55. The molecular formula is C20H27N3O2. The summed E-state index contributed by atoms with van der Waals surface area (Å²) in [5.41, 5.74) is 3.23. The van der Waals surface area contributed by atoms with Crippen LogP contribution in [0.25, 0.3) is 0 Å². The van der Waals surface area contributed by atoms with E-state index in [4.69, 9.17) is 14.5 Å². The Kier molecular flexibility index (Phi) is 5.19. The molecule has 1 atom stereocenters. The lowest BCUT2D eigenvalue weighted by molar-refractivity contribution is 0.0131. The molecule has 5 heteroatoms. The Morgan fingerprint density at radius 3 is 2.84 bits per heavy atom. The second kappa shape index (κ2) is 7.72. The average molecular weight is 341 g/mol. The minimum absolute atomic E-state index is 0.333. The van der Waals surface area contributed by atoms with Crippen molar-refractivity contribution in [3.63, 3.8) is 0 Å². The molecule has 1 aliphatic carbocycles. The van der Waals surface area contributed by atoms with Crippen molar-refractivity contribution in [2.75, 3.05) is 37.8 Å². The van der Waals surface area contributed by atoms with Gasteiger partial charge in [-0.15, -0.1) is 0 Å². The van der Waals surface area contributed by atoms with Crippen LogP contribution in [-0.4, -0.2) is 44.0 Å². The molecular weight excluding hydrogens is 314 g/mol. The SMILES string of the molecule is N#Cc1cc2c(nc1N1CCC(OCC3CCOC3)CC1)CCCC2. The summed E-state index contributed by atoms with van der Waals surface area (Å²) in [6, 6.07) is 4.45. The van der Waals surface area contributed by atoms with Crippen LogP contribution in [0.15, 0.2) is 6.07 Å². The van der Waals surface area contributed by atoms with Gasteiger partial charge >= 0.3 is 0 Å². The molecule has 0 bridgehead atoms. The summed E-state index contributed by atoms with van der Waals surface area (Å²) in [5, 5.41) is 9.55. The van der Waals surface area contributed by atoms with Crippen molar-refractivity contribution in [3.8, 4) is 6.07 Å². The molecule has 0 saturated carbocycles. The molecule has 4 rings (SSSR count). The molecule has 0 N–H and O–H groups in total. The molecule has 3 heterocycles. The van der Waals surface area contributed by atoms with Gasteiger partial charge in [0.1, 0.15) is 11.9 Å². The van der Waals surface area contributed by atoms with E-state index in [-0.39, 0.29) is 0 Å². The predicted molar refractivity (Wildman–Crippen MR) is 95.7 cm³/mol. The summed E-state index contributed by atoms with van der Waals surface area (Å²) in [7, 11) is 0. The summed E-state index contributed by atoms with van der Waals surface area (Å²) >= 11 is 0. The van der Waals surface area contributed by atoms with E-state index < -0.39 is 0 Å². The second-order valence-electron chi connectivity index (χ2n) is 7.53. The average Bonchev–Trinajstić information content (AvgIpc) is 3.19. The first-order valence-electron chi connectivity index (χ1n) is 9.70. The fraction of sp³-hybridized carbons (Fsp3) is 0.700. The number of fused-ring (bicyclic) bond motifs is 1. The maximum Gasteiger partial charge on any atom is 0.146 e. The van der Waals surface area contributed by atoms with Crippen molar-refractivity contribution < 1.29 is 9.47 Å². The highest BCUT2D eigenvalue weighted by Gasteiger charge is 2.25. The van der Waals surface area contributed by atoms with Gasteiger partial charge in [-0.2, -0.15) is 5.26 Å². The summed E-state index contributed by atoms with van der Waals surface area (Å²) in [6.07, 6.45) is 8.03. The molecule has 2 aliphatic heterocycles. The fourth-order valence-electron chi connectivity index (χ4n) is 4.17. The van der Waals surface area contributed by atoms with Gasteiger partial charge in [0.25, 0.3) is 0 Å². The number of hydrogen-bond acceptors (Lipinski definition) is 5. The van der Waals surface area contributed by atoms with Crippen LogP contribution in [-0.2, 0) is 22.3 Å². The summed E-state index contributed by atoms with van der Waals surface area (Å²) in [6.45, 7) is 4.40. The van der Waals surface area contributed by atoms with Crippen LogP contribution in [0.5, 0.6) is 0 Å². The molecule has 0 radical (unpaired) electrons. The van der Waals surface area contributed by atoms with Gasteiger partial charge in [-0.25, -0.2) is 4.98 Å². The molecule has 1 unspecified atom stereocenters. The van der Waals surface area contributed by atoms with Gasteiger partial charge in [-0.3, -0.25) is 0 Å². The van der Waals surface area contributed by atoms with Gasteiger partial charge in [-0.1, -0.05) is 0 Å². The van der Waals surface area contributed by atoms with Gasteiger partial charge < -0.3 is 14.4 Å². The van der Waals surface area contributed by atoms with Crippen LogP contribution in [0.4, 0.5) is 5.82 Å². The lowest BCUT2D eigenvalue weighted by Gasteiger charge is -2.34. The van der Waals surface area contributed by atoms with E-state index in [1.54, 1.807) is 0 Å². The van der Waals surface area contributed by atoms with E-state index >= 15 is 0 Å². The van der Waals surface area contributed by atoms with Gasteiger partial charge in [-0.05, 0) is 56.6 Å². The molecule has 1 aromatic rings. The van der Waals surface area contributed by atoms with Gasteiger partial charge in [0, 0.05) is 31.3 Å². The lowest BCUT2D eigenvalue weighted by atomic mass is 9.94. The molecule has 2 fully saturated rings. The predicted octanol–water partition coefficient (Wildman–Crippen LogP) is 2.85. The highest BCUT2D eigenvalue weighted by Crippen LogP contribution is 2.29. The normalized spacial score (nSPS) is 24.1. The van der Waals surface area contributed by atoms with E-state index in [1.165, 1.54) is 24.1 Å². The summed E-state index contributed by atoms with van der Waals surface area (Å²) in [4.78, 5) is 7.17. The Labute approximate surface area is 149 Å². The number of aryl methyl sites for hydroxylation is 2. The molecule has 1 aromatic heterocycles. The third-order valence-corrected chi connectivity index (χ3v) is 5.73. The Balaban J connectivity index is 1.37. The van der Waals surface area contributed by atoms with Crippen molar-refractivity contribution in [2.24, 2.45) is 5.92 Å². The largest absolute Gasteiger partial charge is 0.381 e. The Bertz CT molecular complexity index is 641. The monoisotopic (exact) mass is 341 g/mol. The van der Waals surface area contributed by atoms with Crippen LogP contribution in [0.3, 0.4) is 0 Å². The fourth-order valence-corrected chi connectivity index (χ4v) is 4.17. The standard InChI is InChI=1S/C20H27N3O2/c21-12-17-11-16-3-1-2-4-19(16)22-20(17)23-8-5-18(6-9-23)25-14-15-7-10-24-13-15/h11,15,18H,1-10,13-14H2. The van der Waals surface area contributed by atoms with Crippen molar-refractivity contribution in [1.29, 1.82) is 5.26 Å². The molecule has 0 spiro atoms. The minimum atomic E-state index is 0.333. The van der Waals surface area contributed by atoms with Crippen LogP contribution in [0.1, 0.15) is 48.9 Å². The number of nitriles is 1. The summed E-state index contributed by atoms with van der Waals surface area (Å²) < 4.78 is 11.5. The topological polar surface area (TPSA) is 58.4 Å². The molecule has 5 nitrogen and oxygen atoms in total. The van der Waals surface area contributed by atoms with E-state index in [0.29, 0.717) is 12.0 Å². The van der Waals surface area contributed by atoms with Gasteiger partial charge in [0.05, 0.1) is 24.9 Å². The second-order valence-corrected chi connectivity index (χ2v) is 7.53. The Hall–Kier alpha value is -1.64. The number of hydrogen-bond donors (Lipinski definition) is 0. The first kappa shape index (κ1) is 16.8. The Morgan fingerprint density at radius 1 is 1.24 bits per heavy atom. The van der Waals surface area contributed by atoms with Crippen molar-refractivity contribution in [1.82, 2.24) is 4.98 Å². The van der Waals surface area contributed by atoms with E-state index in [2.05, 4.69) is 17.0 Å². The molecule has 3 aliphatic rings. The van der Waals surface area contributed by atoms with Gasteiger partial charge in [0.15, 0.2) is 0 Å². The molecule has 0 aromatic carbocycles. The Morgan fingerprint density at radius 2 is 2.08 bits per heavy atom. The molecule has 25 heavy (non-hydrogen) atoms. The number of anilines is 1. The lowest BCUT2D eigenvalue weighted by Crippen LogP contribution is -2.38. The third kappa shape index (κ3) is 3.80. The van der Waals surface area contributed by atoms with Crippen LogP contribution in [0.2, 0.25) is 0 Å². The summed E-state index contributed by atoms with van der Waals surface area (Å²) in [5.74, 6) is 1.47. The smallest absolute Gasteiger partial charge is 0.146 e. The van der Waals surface area contributed by atoms with Crippen molar-refractivity contribution in [3.05, 3.63) is 22.9 Å². The van der Waals surface area contributed by atoms with E-state index in [1.807, 2.05) is 0 Å². The van der Waals surface area contributed by atoms with Crippen LogP contribution >= 0.6 is 0 Å². The zero-order valence-electron chi connectivity index (χ0n) is 14.9. The van der Waals surface area contributed by atoms with Crippen molar-refractivity contribution >= 4 is 5.82 Å². The minimum Gasteiger partial charge on any atom is -0.381 e. The van der Waals surface area contributed by atoms with E-state index in [0.717, 1.165) is 76.4 Å². The highest BCUT2D eigenvalue weighted by molar-refractivity contribution is 5.56. The van der Waals surface area contributed by atoms with Crippen molar-refractivity contribution in [2.45, 2.75) is 51.0 Å². The van der Waals surface area contributed by atoms with E-state index in [9.17, 15) is 5.26 Å². The van der Waals surface area contributed by atoms with Gasteiger partial charge in [0.2, 0.25) is 0 Å². The maximum atomic E-state index is 9.55. The zero-order valence-corrected chi connectivity index (χ0v) is 14.9. The number of nitrogens with zero attached hydrogens (tertiary/aromatic N) is 3. The molecule has 0 amide bonds. The van der Waals surface area contributed by atoms with Crippen LogP contribution in [0, 0.1) is 17.2 Å². The number of piperidine rings is 1. The third-order valence-electron chi connectivity index (χ3n) is 5.73.